The number of carbonyl (C=O) groups excluding carboxylic acids is 1. The van der Waals surface area contributed by atoms with Gasteiger partial charge in [-0.15, -0.1) is 12.4 Å². The molecule has 2 aromatic rings. The highest BCUT2D eigenvalue weighted by molar-refractivity contribution is 5.94. The van der Waals surface area contributed by atoms with Crippen LogP contribution in [0.4, 0.5) is 16.3 Å². The van der Waals surface area contributed by atoms with Crippen LogP contribution in [0.25, 0.3) is 10.8 Å². The molecule has 2 rings (SSSR count). The molecule has 0 atom stereocenters. The molecule has 0 bridgehead atoms. The molecule has 3 N–H and O–H groups in total. The number of halogens is 1. The van der Waals surface area contributed by atoms with E-state index in [4.69, 9.17) is 0 Å². The molecule has 0 spiro atoms. The maximum atomic E-state index is 11.6. The van der Waals surface area contributed by atoms with Crippen molar-refractivity contribution >= 4 is 40.7 Å². The normalized spacial score (nSPS) is 10.3. The Labute approximate surface area is 143 Å². The average Bonchev–Trinajstić information content (AvgIpc) is 2.45. The highest BCUT2D eigenvalue weighted by Gasteiger charge is 2.06. The number of nitrogens with zero attached hydrogens (tertiary/aromatic N) is 1. The molecule has 0 saturated carbocycles. The second kappa shape index (κ2) is 8.58. The number of nitrogens with one attached hydrogen (secondary N) is 3. The van der Waals surface area contributed by atoms with Gasteiger partial charge in [-0.05, 0) is 48.9 Å². The van der Waals surface area contributed by atoms with Gasteiger partial charge in [-0.1, -0.05) is 13.8 Å². The molecule has 1 aromatic heterocycles. The lowest BCUT2D eigenvalue weighted by molar-refractivity contribution is 0.252. The molecule has 6 heteroatoms. The van der Waals surface area contributed by atoms with Crippen molar-refractivity contribution in [3.63, 3.8) is 0 Å². The molecular formula is C17H25ClN4O. The van der Waals surface area contributed by atoms with Gasteiger partial charge in [-0.25, -0.2) is 9.78 Å². The Morgan fingerprint density at radius 3 is 2.65 bits per heavy atom. The molecule has 23 heavy (non-hydrogen) atoms. The van der Waals surface area contributed by atoms with E-state index in [0.29, 0.717) is 18.3 Å². The first-order chi connectivity index (χ1) is 10.5. The SMILES string of the molecule is CCNC(=O)Nc1cc2cc(NCC(C)C)cc(C)c2cn1.Cl. The number of benzene rings is 1. The van der Waals surface area contributed by atoms with Crippen LogP contribution in [0, 0.1) is 12.8 Å². The number of fused-ring (bicyclic) bond motifs is 1. The monoisotopic (exact) mass is 336 g/mol. The fraction of sp³-hybridized carbons (Fsp3) is 0.412. The minimum absolute atomic E-state index is 0. The predicted octanol–water partition coefficient (Wildman–Crippen LogP) is 4.17. The van der Waals surface area contributed by atoms with Crippen molar-refractivity contribution in [1.82, 2.24) is 10.3 Å². The molecule has 0 radical (unpaired) electrons. The highest BCUT2D eigenvalue weighted by Crippen LogP contribution is 2.25. The molecule has 5 nitrogen and oxygen atoms in total. The number of anilines is 2. The van der Waals surface area contributed by atoms with Gasteiger partial charge in [-0.2, -0.15) is 0 Å². The molecule has 0 aliphatic rings. The summed E-state index contributed by atoms with van der Waals surface area (Å²) in [5, 5.41) is 11.0. The van der Waals surface area contributed by atoms with E-state index >= 15 is 0 Å². The van der Waals surface area contributed by atoms with Gasteiger partial charge in [0.25, 0.3) is 0 Å². The van der Waals surface area contributed by atoms with E-state index in [1.54, 1.807) is 6.20 Å². The Hall–Kier alpha value is -2.01. The number of pyridine rings is 1. The molecule has 0 aliphatic heterocycles. The first-order valence-electron chi connectivity index (χ1n) is 7.68. The van der Waals surface area contributed by atoms with Gasteiger partial charge in [0, 0.05) is 30.4 Å². The summed E-state index contributed by atoms with van der Waals surface area (Å²) >= 11 is 0. The fourth-order valence-corrected chi connectivity index (χ4v) is 2.25. The van der Waals surface area contributed by atoms with Gasteiger partial charge < -0.3 is 10.6 Å². The standard InChI is InChI=1S/C17H24N4O.ClH/c1-5-18-17(22)21-16-8-13-7-14(19-9-11(2)3)6-12(4)15(13)10-20-16;/h6-8,10-11,19H,5,9H2,1-4H3,(H2,18,20,21,22);1H. The van der Waals surface area contributed by atoms with Gasteiger partial charge >= 0.3 is 6.03 Å². The topological polar surface area (TPSA) is 66.1 Å². The summed E-state index contributed by atoms with van der Waals surface area (Å²) < 4.78 is 0. The van der Waals surface area contributed by atoms with Crippen LogP contribution in [-0.2, 0) is 0 Å². The van der Waals surface area contributed by atoms with Crippen molar-refractivity contribution in [3.8, 4) is 0 Å². The van der Waals surface area contributed by atoms with Crippen molar-refractivity contribution in [3.05, 3.63) is 30.0 Å². The van der Waals surface area contributed by atoms with Crippen molar-refractivity contribution in [2.45, 2.75) is 27.7 Å². The number of carbonyl (C=O) groups is 1. The van der Waals surface area contributed by atoms with E-state index in [1.165, 1.54) is 5.56 Å². The molecule has 1 heterocycles. The van der Waals surface area contributed by atoms with Gasteiger partial charge in [0.15, 0.2) is 0 Å². The summed E-state index contributed by atoms with van der Waals surface area (Å²) in [4.78, 5) is 15.9. The Kier molecular flexibility index (Phi) is 7.10. The Balaban J connectivity index is 0.00000264. The van der Waals surface area contributed by atoms with E-state index in [2.05, 4.69) is 53.8 Å². The summed E-state index contributed by atoms with van der Waals surface area (Å²) in [5.74, 6) is 1.14. The van der Waals surface area contributed by atoms with Crippen molar-refractivity contribution in [2.75, 3.05) is 23.7 Å². The summed E-state index contributed by atoms with van der Waals surface area (Å²) in [6.45, 7) is 9.82. The molecule has 126 valence electrons. The van der Waals surface area contributed by atoms with Gasteiger partial charge in [0.1, 0.15) is 5.82 Å². The number of aromatic nitrogens is 1. The van der Waals surface area contributed by atoms with Gasteiger partial charge in [0.05, 0.1) is 0 Å². The molecule has 2 amide bonds. The molecule has 0 aliphatic carbocycles. The van der Waals surface area contributed by atoms with Crippen LogP contribution in [0.5, 0.6) is 0 Å². The zero-order valence-electron chi connectivity index (χ0n) is 14.1. The minimum Gasteiger partial charge on any atom is -0.385 e. The summed E-state index contributed by atoms with van der Waals surface area (Å²) in [5.41, 5.74) is 2.26. The summed E-state index contributed by atoms with van der Waals surface area (Å²) in [6, 6.07) is 5.89. The first-order valence-corrected chi connectivity index (χ1v) is 7.68. The van der Waals surface area contributed by atoms with E-state index in [9.17, 15) is 4.79 Å². The number of hydrogen-bond donors (Lipinski definition) is 3. The third-order valence-corrected chi connectivity index (χ3v) is 3.34. The van der Waals surface area contributed by atoms with Crippen LogP contribution in [0.15, 0.2) is 24.4 Å². The van der Waals surface area contributed by atoms with E-state index in [0.717, 1.165) is 23.0 Å². The fourth-order valence-electron chi connectivity index (χ4n) is 2.25. The number of urea groups is 1. The first kappa shape index (κ1) is 19.0. The number of aryl methyl sites for hydroxylation is 1. The highest BCUT2D eigenvalue weighted by atomic mass is 35.5. The van der Waals surface area contributed by atoms with Crippen LogP contribution in [0.1, 0.15) is 26.3 Å². The Morgan fingerprint density at radius 1 is 1.26 bits per heavy atom. The van der Waals surface area contributed by atoms with E-state index in [1.807, 2.05) is 13.0 Å². The Bertz CT molecular complexity index is 673. The van der Waals surface area contributed by atoms with Crippen molar-refractivity contribution < 1.29 is 4.79 Å². The molecule has 0 unspecified atom stereocenters. The minimum atomic E-state index is -0.236. The molecule has 1 aromatic carbocycles. The van der Waals surface area contributed by atoms with Gasteiger partial charge in [0.2, 0.25) is 0 Å². The molecule has 0 saturated heterocycles. The molecule has 0 fully saturated rings. The van der Waals surface area contributed by atoms with Crippen molar-refractivity contribution in [1.29, 1.82) is 0 Å². The smallest absolute Gasteiger partial charge is 0.320 e. The number of hydrogen-bond acceptors (Lipinski definition) is 3. The Morgan fingerprint density at radius 2 is 2.00 bits per heavy atom. The number of rotatable bonds is 5. The maximum absolute atomic E-state index is 11.6. The molecular weight excluding hydrogens is 312 g/mol. The maximum Gasteiger partial charge on any atom is 0.320 e. The summed E-state index contributed by atoms with van der Waals surface area (Å²) in [6.07, 6.45) is 1.80. The summed E-state index contributed by atoms with van der Waals surface area (Å²) in [7, 11) is 0. The van der Waals surface area contributed by atoms with E-state index < -0.39 is 0 Å². The lowest BCUT2D eigenvalue weighted by atomic mass is 10.1. The zero-order chi connectivity index (χ0) is 16.1. The third-order valence-electron chi connectivity index (χ3n) is 3.34. The lowest BCUT2D eigenvalue weighted by Crippen LogP contribution is -2.28. The quantitative estimate of drug-likeness (QED) is 0.767. The second-order valence-electron chi connectivity index (χ2n) is 5.84. The number of amides is 2. The zero-order valence-corrected chi connectivity index (χ0v) is 14.9. The van der Waals surface area contributed by atoms with Crippen LogP contribution >= 0.6 is 12.4 Å². The third kappa shape index (κ3) is 5.28. The predicted molar refractivity (Wildman–Crippen MR) is 99.8 cm³/mol. The van der Waals surface area contributed by atoms with Crippen molar-refractivity contribution in [2.24, 2.45) is 5.92 Å². The lowest BCUT2D eigenvalue weighted by Gasteiger charge is -2.12. The van der Waals surface area contributed by atoms with Crippen LogP contribution < -0.4 is 16.0 Å². The van der Waals surface area contributed by atoms with Gasteiger partial charge in [-0.3, -0.25) is 5.32 Å². The largest absolute Gasteiger partial charge is 0.385 e. The van der Waals surface area contributed by atoms with Crippen LogP contribution in [-0.4, -0.2) is 24.1 Å². The average molecular weight is 337 g/mol. The van der Waals surface area contributed by atoms with E-state index in [-0.39, 0.29) is 18.4 Å². The second-order valence-corrected chi connectivity index (χ2v) is 5.84. The van der Waals surface area contributed by atoms with Crippen LogP contribution in [0.2, 0.25) is 0 Å². The van der Waals surface area contributed by atoms with Crippen LogP contribution in [0.3, 0.4) is 0 Å².